The summed E-state index contributed by atoms with van der Waals surface area (Å²) in [5.74, 6) is -2.55. The van der Waals surface area contributed by atoms with Gasteiger partial charge in [0.1, 0.15) is 0 Å². The van der Waals surface area contributed by atoms with Crippen molar-refractivity contribution in [2.75, 3.05) is 32.7 Å². The van der Waals surface area contributed by atoms with Gasteiger partial charge in [-0.25, -0.2) is 8.78 Å². The molecule has 0 amide bonds. The van der Waals surface area contributed by atoms with E-state index in [1.54, 1.807) is 0 Å². The monoisotopic (exact) mass is 178 g/mol. The predicted molar refractivity (Wildman–Crippen MR) is 44.5 cm³/mol. The van der Waals surface area contributed by atoms with E-state index < -0.39 is 5.92 Å². The average molecular weight is 178 g/mol. The molecule has 0 aromatic heterocycles. The second kappa shape index (κ2) is 4.14. The summed E-state index contributed by atoms with van der Waals surface area (Å²) < 4.78 is 25.2. The molecule has 12 heavy (non-hydrogen) atoms. The lowest BCUT2D eigenvalue weighted by Crippen LogP contribution is -2.37. The van der Waals surface area contributed by atoms with Crippen LogP contribution in [0.15, 0.2) is 0 Å². The SMILES string of the molecule is CC(F)(F)CN1CCCNCC1. The highest BCUT2D eigenvalue weighted by molar-refractivity contribution is 4.71. The Bertz CT molecular complexity index is 126. The Morgan fingerprint density at radius 3 is 2.75 bits per heavy atom. The van der Waals surface area contributed by atoms with Crippen molar-refractivity contribution in [3.05, 3.63) is 0 Å². The van der Waals surface area contributed by atoms with Crippen LogP contribution in [0.1, 0.15) is 13.3 Å². The first-order valence-corrected chi connectivity index (χ1v) is 4.39. The lowest BCUT2D eigenvalue weighted by Gasteiger charge is -2.22. The minimum absolute atomic E-state index is 0.103. The van der Waals surface area contributed by atoms with Crippen LogP contribution >= 0.6 is 0 Å². The highest BCUT2D eigenvalue weighted by Gasteiger charge is 2.25. The standard InChI is InChI=1S/C8H16F2N2/c1-8(9,10)7-12-5-2-3-11-4-6-12/h11H,2-7H2,1H3. The van der Waals surface area contributed by atoms with Crippen molar-refractivity contribution in [1.82, 2.24) is 10.2 Å². The van der Waals surface area contributed by atoms with E-state index in [9.17, 15) is 8.78 Å². The summed E-state index contributed by atoms with van der Waals surface area (Å²) >= 11 is 0. The number of hydrogen-bond donors (Lipinski definition) is 1. The van der Waals surface area contributed by atoms with Crippen LogP contribution in [0.3, 0.4) is 0 Å². The van der Waals surface area contributed by atoms with E-state index in [0.717, 1.165) is 39.5 Å². The van der Waals surface area contributed by atoms with Crippen molar-refractivity contribution < 1.29 is 8.78 Å². The maximum atomic E-state index is 12.6. The molecule has 2 nitrogen and oxygen atoms in total. The molecular weight excluding hydrogens is 162 g/mol. The molecule has 1 rings (SSSR count). The van der Waals surface area contributed by atoms with Crippen molar-refractivity contribution >= 4 is 0 Å². The molecule has 1 saturated heterocycles. The largest absolute Gasteiger partial charge is 0.315 e. The maximum Gasteiger partial charge on any atom is 0.257 e. The third-order valence-corrected chi connectivity index (χ3v) is 1.93. The minimum atomic E-state index is -2.55. The van der Waals surface area contributed by atoms with Crippen LogP contribution in [0.5, 0.6) is 0 Å². The molecule has 1 fully saturated rings. The van der Waals surface area contributed by atoms with Gasteiger partial charge >= 0.3 is 0 Å². The smallest absolute Gasteiger partial charge is 0.257 e. The lowest BCUT2D eigenvalue weighted by molar-refractivity contribution is -0.0128. The van der Waals surface area contributed by atoms with E-state index >= 15 is 0 Å². The fourth-order valence-corrected chi connectivity index (χ4v) is 1.45. The summed E-state index contributed by atoms with van der Waals surface area (Å²) in [6.07, 6.45) is 0.968. The fourth-order valence-electron chi connectivity index (χ4n) is 1.45. The topological polar surface area (TPSA) is 15.3 Å². The number of nitrogens with one attached hydrogen (secondary N) is 1. The summed E-state index contributed by atoms with van der Waals surface area (Å²) in [5.41, 5.74) is 0. The molecule has 0 saturated carbocycles. The summed E-state index contributed by atoms with van der Waals surface area (Å²) in [5, 5.41) is 3.18. The number of rotatable bonds is 2. The molecule has 0 radical (unpaired) electrons. The van der Waals surface area contributed by atoms with Crippen LogP contribution in [0.25, 0.3) is 0 Å². The Morgan fingerprint density at radius 2 is 2.08 bits per heavy atom. The zero-order chi connectivity index (χ0) is 9.03. The highest BCUT2D eigenvalue weighted by Crippen LogP contribution is 2.13. The molecule has 0 aromatic rings. The van der Waals surface area contributed by atoms with Crippen molar-refractivity contribution in [3.63, 3.8) is 0 Å². The van der Waals surface area contributed by atoms with Gasteiger partial charge in [0.05, 0.1) is 6.54 Å². The Morgan fingerprint density at radius 1 is 1.33 bits per heavy atom. The molecule has 0 aliphatic carbocycles. The van der Waals surface area contributed by atoms with Gasteiger partial charge in [0.25, 0.3) is 5.92 Å². The zero-order valence-corrected chi connectivity index (χ0v) is 7.45. The molecule has 0 spiro atoms. The summed E-state index contributed by atoms with van der Waals surface area (Å²) in [6.45, 7) is 4.18. The van der Waals surface area contributed by atoms with Gasteiger partial charge in [-0.3, -0.25) is 4.90 Å². The van der Waals surface area contributed by atoms with Crippen LogP contribution in [0.4, 0.5) is 8.78 Å². The lowest BCUT2D eigenvalue weighted by atomic mass is 10.3. The van der Waals surface area contributed by atoms with Crippen LogP contribution in [0, 0.1) is 0 Å². The number of nitrogens with zero attached hydrogens (tertiary/aromatic N) is 1. The summed E-state index contributed by atoms with van der Waals surface area (Å²) in [6, 6.07) is 0. The van der Waals surface area contributed by atoms with Crippen LogP contribution in [0.2, 0.25) is 0 Å². The van der Waals surface area contributed by atoms with E-state index in [1.807, 2.05) is 4.90 Å². The third kappa shape index (κ3) is 3.97. The van der Waals surface area contributed by atoms with E-state index in [1.165, 1.54) is 0 Å². The average Bonchev–Trinajstić information content (AvgIpc) is 2.12. The number of halogens is 2. The first-order chi connectivity index (χ1) is 5.58. The third-order valence-electron chi connectivity index (χ3n) is 1.93. The first kappa shape index (κ1) is 9.86. The summed E-state index contributed by atoms with van der Waals surface area (Å²) in [4.78, 5) is 1.82. The van der Waals surface area contributed by atoms with Crippen molar-refractivity contribution in [2.45, 2.75) is 19.3 Å². The first-order valence-electron chi connectivity index (χ1n) is 4.39. The van der Waals surface area contributed by atoms with Crippen LogP contribution in [-0.4, -0.2) is 43.5 Å². The molecule has 1 aliphatic heterocycles. The van der Waals surface area contributed by atoms with Gasteiger partial charge in [-0.15, -0.1) is 0 Å². The Hall–Kier alpha value is -0.220. The zero-order valence-electron chi connectivity index (χ0n) is 7.45. The van der Waals surface area contributed by atoms with Gasteiger partial charge in [-0.2, -0.15) is 0 Å². The van der Waals surface area contributed by atoms with Gasteiger partial charge in [0, 0.05) is 20.0 Å². The molecule has 0 aromatic carbocycles. The number of alkyl halides is 2. The second-order valence-corrected chi connectivity index (χ2v) is 3.45. The van der Waals surface area contributed by atoms with E-state index in [-0.39, 0.29) is 6.54 Å². The fraction of sp³-hybridized carbons (Fsp3) is 1.00. The van der Waals surface area contributed by atoms with Gasteiger partial charge in [0.2, 0.25) is 0 Å². The molecule has 1 heterocycles. The van der Waals surface area contributed by atoms with Crippen molar-refractivity contribution in [1.29, 1.82) is 0 Å². The molecule has 1 aliphatic rings. The second-order valence-electron chi connectivity index (χ2n) is 3.45. The molecule has 4 heteroatoms. The molecule has 1 N–H and O–H groups in total. The van der Waals surface area contributed by atoms with Gasteiger partial charge in [-0.05, 0) is 19.5 Å². The molecular formula is C8H16F2N2. The van der Waals surface area contributed by atoms with Crippen molar-refractivity contribution in [3.8, 4) is 0 Å². The molecule has 0 bridgehead atoms. The number of hydrogen-bond acceptors (Lipinski definition) is 2. The van der Waals surface area contributed by atoms with E-state index in [0.29, 0.717) is 0 Å². The normalized spacial score (nSPS) is 22.2. The Labute approximate surface area is 71.9 Å². The highest BCUT2D eigenvalue weighted by atomic mass is 19.3. The minimum Gasteiger partial charge on any atom is -0.315 e. The Balaban J connectivity index is 2.30. The van der Waals surface area contributed by atoms with Gasteiger partial charge < -0.3 is 5.32 Å². The quantitative estimate of drug-likeness (QED) is 0.677. The van der Waals surface area contributed by atoms with Gasteiger partial charge in [-0.1, -0.05) is 0 Å². The molecule has 72 valence electrons. The summed E-state index contributed by atoms with van der Waals surface area (Å²) in [7, 11) is 0. The van der Waals surface area contributed by atoms with Gasteiger partial charge in [0.15, 0.2) is 0 Å². The molecule has 0 unspecified atom stereocenters. The van der Waals surface area contributed by atoms with E-state index in [4.69, 9.17) is 0 Å². The Kier molecular flexibility index (Phi) is 3.40. The molecule has 0 atom stereocenters. The van der Waals surface area contributed by atoms with E-state index in [2.05, 4.69) is 5.32 Å². The predicted octanol–water partition coefficient (Wildman–Crippen LogP) is 0.937. The van der Waals surface area contributed by atoms with Crippen molar-refractivity contribution in [2.24, 2.45) is 0 Å². The van der Waals surface area contributed by atoms with Crippen LogP contribution in [-0.2, 0) is 0 Å². The maximum absolute atomic E-state index is 12.6. The van der Waals surface area contributed by atoms with Crippen LogP contribution < -0.4 is 5.32 Å².